The van der Waals surface area contributed by atoms with Gasteiger partial charge in [-0.25, -0.2) is 0 Å². The maximum atomic E-state index is 12.5. The SMILES string of the molecule is CC(C)CN1CCN(C(=O)C2CC(C)CCN2)CC1. The van der Waals surface area contributed by atoms with E-state index in [0.717, 1.165) is 45.7 Å². The molecule has 2 atom stereocenters. The lowest BCUT2D eigenvalue weighted by molar-refractivity contribution is -0.136. The number of piperazine rings is 1. The fraction of sp³-hybridized carbons (Fsp3) is 0.933. The number of amides is 1. The molecule has 2 heterocycles. The van der Waals surface area contributed by atoms with Crippen LogP contribution in [0.4, 0.5) is 0 Å². The van der Waals surface area contributed by atoms with E-state index in [4.69, 9.17) is 0 Å². The molecule has 1 amide bonds. The molecule has 0 radical (unpaired) electrons. The number of rotatable bonds is 3. The Morgan fingerprint density at radius 1 is 1.26 bits per heavy atom. The Morgan fingerprint density at radius 3 is 2.53 bits per heavy atom. The van der Waals surface area contributed by atoms with E-state index in [0.29, 0.717) is 17.7 Å². The summed E-state index contributed by atoms with van der Waals surface area (Å²) >= 11 is 0. The Labute approximate surface area is 117 Å². The predicted octanol–water partition coefficient (Wildman–Crippen LogP) is 1.17. The molecule has 4 heteroatoms. The zero-order valence-electron chi connectivity index (χ0n) is 12.7. The van der Waals surface area contributed by atoms with Crippen molar-refractivity contribution in [1.82, 2.24) is 15.1 Å². The molecule has 0 spiro atoms. The average molecular weight is 267 g/mol. The summed E-state index contributed by atoms with van der Waals surface area (Å²) in [5, 5.41) is 3.39. The Hall–Kier alpha value is -0.610. The molecule has 110 valence electrons. The maximum Gasteiger partial charge on any atom is 0.239 e. The van der Waals surface area contributed by atoms with Gasteiger partial charge < -0.3 is 10.2 Å². The molecule has 2 aliphatic heterocycles. The molecule has 19 heavy (non-hydrogen) atoms. The molecule has 0 saturated carbocycles. The first-order valence-electron chi connectivity index (χ1n) is 7.80. The molecule has 1 N–H and O–H groups in total. The molecule has 0 bridgehead atoms. The highest BCUT2D eigenvalue weighted by molar-refractivity contribution is 5.82. The van der Waals surface area contributed by atoms with Crippen LogP contribution in [0.2, 0.25) is 0 Å². The van der Waals surface area contributed by atoms with E-state index in [2.05, 4.69) is 35.9 Å². The third-order valence-corrected chi connectivity index (χ3v) is 4.27. The minimum atomic E-state index is 0.0698. The summed E-state index contributed by atoms with van der Waals surface area (Å²) < 4.78 is 0. The summed E-state index contributed by atoms with van der Waals surface area (Å²) in [5.74, 6) is 1.72. The van der Waals surface area contributed by atoms with Crippen LogP contribution in [-0.4, -0.2) is 61.0 Å². The van der Waals surface area contributed by atoms with Gasteiger partial charge in [-0.15, -0.1) is 0 Å². The standard InChI is InChI=1S/C15H29N3O/c1-12(2)11-17-6-8-18(9-7-17)15(19)14-10-13(3)4-5-16-14/h12-14,16H,4-11H2,1-3H3. The molecule has 0 aromatic carbocycles. The molecule has 2 unspecified atom stereocenters. The van der Waals surface area contributed by atoms with Crippen molar-refractivity contribution in [1.29, 1.82) is 0 Å². The highest BCUT2D eigenvalue weighted by Crippen LogP contribution is 2.17. The van der Waals surface area contributed by atoms with Crippen LogP contribution in [0.15, 0.2) is 0 Å². The Morgan fingerprint density at radius 2 is 1.95 bits per heavy atom. The van der Waals surface area contributed by atoms with Crippen molar-refractivity contribution in [3.8, 4) is 0 Å². The summed E-state index contributed by atoms with van der Waals surface area (Å²) in [7, 11) is 0. The lowest BCUT2D eigenvalue weighted by Gasteiger charge is -2.38. The van der Waals surface area contributed by atoms with E-state index >= 15 is 0 Å². The quantitative estimate of drug-likeness (QED) is 0.834. The Bertz CT molecular complexity index is 298. The summed E-state index contributed by atoms with van der Waals surface area (Å²) in [6.45, 7) is 12.8. The highest BCUT2D eigenvalue weighted by atomic mass is 16.2. The zero-order valence-corrected chi connectivity index (χ0v) is 12.7. The fourth-order valence-corrected chi connectivity index (χ4v) is 3.18. The van der Waals surface area contributed by atoms with Crippen LogP contribution in [0.5, 0.6) is 0 Å². The van der Waals surface area contributed by atoms with Gasteiger partial charge in [-0.05, 0) is 31.2 Å². The van der Waals surface area contributed by atoms with Gasteiger partial charge in [0.2, 0.25) is 5.91 Å². The second kappa shape index (κ2) is 6.71. The molecule has 0 aromatic rings. The zero-order chi connectivity index (χ0) is 13.8. The molecule has 2 rings (SSSR count). The lowest BCUT2D eigenvalue weighted by atomic mass is 9.93. The van der Waals surface area contributed by atoms with E-state index in [9.17, 15) is 4.79 Å². The van der Waals surface area contributed by atoms with Crippen molar-refractivity contribution in [3.63, 3.8) is 0 Å². The minimum Gasteiger partial charge on any atom is -0.339 e. The Kier molecular flexibility index (Phi) is 5.22. The molecule has 2 saturated heterocycles. The van der Waals surface area contributed by atoms with E-state index in [1.54, 1.807) is 0 Å². The van der Waals surface area contributed by atoms with Crippen molar-refractivity contribution in [2.75, 3.05) is 39.3 Å². The van der Waals surface area contributed by atoms with Gasteiger partial charge in [0.25, 0.3) is 0 Å². The molecule has 2 fully saturated rings. The van der Waals surface area contributed by atoms with Crippen molar-refractivity contribution >= 4 is 5.91 Å². The smallest absolute Gasteiger partial charge is 0.239 e. The van der Waals surface area contributed by atoms with Crippen LogP contribution in [0.3, 0.4) is 0 Å². The molecule has 4 nitrogen and oxygen atoms in total. The van der Waals surface area contributed by atoms with E-state index < -0.39 is 0 Å². The van der Waals surface area contributed by atoms with Gasteiger partial charge in [0.05, 0.1) is 6.04 Å². The summed E-state index contributed by atoms with van der Waals surface area (Å²) in [6, 6.07) is 0.0698. The molecule has 2 aliphatic rings. The summed E-state index contributed by atoms with van der Waals surface area (Å²) in [6.07, 6.45) is 2.21. The van der Waals surface area contributed by atoms with Crippen LogP contribution in [0.25, 0.3) is 0 Å². The maximum absolute atomic E-state index is 12.5. The third kappa shape index (κ3) is 4.18. The molecular formula is C15H29N3O. The molecule has 0 aromatic heterocycles. The van der Waals surface area contributed by atoms with Gasteiger partial charge in [-0.1, -0.05) is 20.8 Å². The number of hydrogen-bond donors (Lipinski definition) is 1. The molecular weight excluding hydrogens is 238 g/mol. The van der Waals surface area contributed by atoms with Crippen molar-refractivity contribution in [2.45, 2.75) is 39.7 Å². The number of piperidine rings is 1. The predicted molar refractivity (Wildman–Crippen MR) is 78.0 cm³/mol. The average Bonchev–Trinajstić information content (AvgIpc) is 2.38. The van der Waals surface area contributed by atoms with Crippen molar-refractivity contribution < 1.29 is 4.79 Å². The number of nitrogens with one attached hydrogen (secondary N) is 1. The topological polar surface area (TPSA) is 35.6 Å². The summed E-state index contributed by atoms with van der Waals surface area (Å²) in [4.78, 5) is 17.0. The van der Waals surface area contributed by atoms with Gasteiger partial charge in [-0.2, -0.15) is 0 Å². The first-order valence-corrected chi connectivity index (χ1v) is 7.80. The number of hydrogen-bond acceptors (Lipinski definition) is 3. The minimum absolute atomic E-state index is 0.0698. The van der Waals surface area contributed by atoms with Gasteiger partial charge in [0, 0.05) is 32.7 Å². The van der Waals surface area contributed by atoms with E-state index in [1.807, 2.05) is 0 Å². The monoisotopic (exact) mass is 267 g/mol. The van der Waals surface area contributed by atoms with Crippen LogP contribution in [0, 0.1) is 11.8 Å². The van der Waals surface area contributed by atoms with E-state index in [-0.39, 0.29) is 6.04 Å². The van der Waals surface area contributed by atoms with Gasteiger partial charge in [0.1, 0.15) is 0 Å². The highest BCUT2D eigenvalue weighted by Gasteiger charge is 2.30. The second-order valence-electron chi connectivity index (χ2n) is 6.66. The van der Waals surface area contributed by atoms with Crippen LogP contribution in [0.1, 0.15) is 33.6 Å². The van der Waals surface area contributed by atoms with Gasteiger partial charge in [0.15, 0.2) is 0 Å². The third-order valence-electron chi connectivity index (χ3n) is 4.27. The lowest BCUT2D eigenvalue weighted by Crippen LogP contribution is -2.56. The summed E-state index contributed by atoms with van der Waals surface area (Å²) in [5.41, 5.74) is 0. The van der Waals surface area contributed by atoms with Crippen LogP contribution >= 0.6 is 0 Å². The fourth-order valence-electron chi connectivity index (χ4n) is 3.18. The second-order valence-corrected chi connectivity index (χ2v) is 6.66. The number of nitrogens with zero attached hydrogens (tertiary/aromatic N) is 2. The number of carbonyl (C=O) groups excluding carboxylic acids is 1. The van der Waals surface area contributed by atoms with Crippen molar-refractivity contribution in [3.05, 3.63) is 0 Å². The number of carbonyl (C=O) groups is 1. The normalized spacial score (nSPS) is 29.8. The molecule has 0 aliphatic carbocycles. The van der Waals surface area contributed by atoms with Crippen molar-refractivity contribution in [2.24, 2.45) is 11.8 Å². The van der Waals surface area contributed by atoms with E-state index in [1.165, 1.54) is 6.42 Å². The van der Waals surface area contributed by atoms with Gasteiger partial charge in [-0.3, -0.25) is 9.69 Å². The van der Waals surface area contributed by atoms with Crippen LogP contribution in [-0.2, 0) is 4.79 Å². The van der Waals surface area contributed by atoms with Crippen LogP contribution < -0.4 is 5.32 Å². The first kappa shape index (κ1) is 14.8. The first-order chi connectivity index (χ1) is 9.06. The van der Waals surface area contributed by atoms with Gasteiger partial charge >= 0.3 is 0 Å². The Balaban J connectivity index is 1.78. The largest absolute Gasteiger partial charge is 0.339 e.